The predicted molar refractivity (Wildman–Crippen MR) is 128 cm³/mol. The number of hydrogen-bond acceptors (Lipinski definition) is 3. The number of anilines is 1. The van der Waals surface area contributed by atoms with E-state index in [-0.39, 0.29) is 17.6 Å². The van der Waals surface area contributed by atoms with Crippen LogP contribution in [0.5, 0.6) is 0 Å². The van der Waals surface area contributed by atoms with E-state index >= 15 is 0 Å². The van der Waals surface area contributed by atoms with Crippen molar-refractivity contribution in [1.29, 1.82) is 0 Å². The number of aromatic amines is 1. The number of aromatic nitrogens is 3. The molecule has 2 N–H and O–H groups in total. The first kappa shape index (κ1) is 20.6. The van der Waals surface area contributed by atoms with Gasteiger partial charge in [0.25, 0.3) is 0 Å². The van der Waals surface area contributed by atoms with E-state index in [1.165, 1.54) is 12.1 Å². The number of carbonyl (C=O) groups is 1. The van der Waals surface area contributed by atoms with Crippen LogP contribution in [0.4, 0.5) is 10.2 Å². The molecule has 0 saturated heterocycles. The zero-order valence-electron chi connectivity index (χ0n) is 17.9. The normalized spacial score (nSPS) is 11.9. The van der Waals surface area contributed by atoms with E-state index in [1.807, 2.05) is 67.6 Å². The molecule has 0 radical (unpaired) electrons. The van der Waals surface area contributed by atoms with Gasteiger partial charge >= 0.3 is 0 Å². The van der Waals surface area contributed by atoms with Crippen molar-refractivity contribution in [3.05, 3.63) is 103 Å². The first-order chi connectivity index (χ1) is 16.1. The summed E-state index contributed by atoms with van der Waals surface area (Å²) in [5.41, 5.74) is 4.80. The third kappa shape index (κ3) is 3.99. The van der Waals surface area contributed by atoms with E-state index in [1.54, 1.807) is 18.3 Å². The Hall–Kier alpha value is -4.32. The van der Waals surface area contributed by atoms with Gasteiger partial charge in [-0.1, -0.05) is 48.5 Å². The third-order valence-electron chi connectivity index (χ3n) is 5.75. The molecule has 0 aliphatic heterocycles. The van der Waals surface area contributed by atoms with Gasteiger partial charge in [-0.3, -0.25) is 14.9 Å². The summed E-state index contributed by atoms with van der Waals surface area (Å²) in [6, 6.07) is 25.5. The van der Waals surface area contributed by atoms with E-state index in [0.29, 0.717) is 11.5 Å². The number of benzene rings is 3. The smallest absolute Gasteiger partial charge is 0.232 e. The number of amides is 1. The Labute approximate surface area is 190 Å². The van der Waals surface area contributed by atoms with Crippen LogP contribution in [-0.2, 0) is 4.79 Å². The zero-order valence-corrected chi connectivity index (χ0v) is 17.9. The largest absolute Gasteiger partial charge is 0.308 e. The van der Waals surface area contributed by atoms with Gasteiger partial charge in [-0.05, 0) is 54.4 Å². The summed E-state index contributed by atoms with van der Waals surface area (Å²) in [5.74, 6) is -0.435. The Morgan fingerprint density at radius 3 is 2.45 bits per heavy atom. The minimum absolute atomic E-state index is 0.169. The molecular formula is C27H21FN4O. The molecule has 1 unspecified atom stereocenters. The van der Waals surface area contributed by atoms with Crippen LogP contribution in [-0.4, -0.2) is 21.1 Å². The SMILES string of the molecule is CC(C(=O)Nc1n[nH]c(-c2ccc(F)cc2)c1-c1ccnc2ccccc12)c1ccccc1. The van der Waals surface area contributed by atoms with Gasteiger partial charge in [0.1, 0.15) is 5.82 Å². The second-order valence-electron chi connectivity index (χ2n) is 7.83. The fraction of sp³-hybridized carbons (Fsp3) is 0.0741. The van der Waals surface area contributed by atoms with Gasteiger partial charge in [-0.25, -0.2) is 4.39 Å². The van der Waals surface area contributed by atoms with Crippen molar-refractivity contribution in [1.82, 2.24) is 15.2 Å². The van der Waals surface area contributed by atoms with Gasteiger partial charge in [0.05, 0.1) is 22.7 Å². The van der Waals surface area contributed by atoms with E-state index in [2.05, 4.69) is 20.5 Å². The lowest BCUT2D eigenvalue weighted by Gasteiger charge is -2.14. The molecule has 0 fully saturated rings. The number of pyridine rings is 1. The van der Waals surface area contributed by atoms with Crippen LogP contribution >= 0.6 is 0 Å². The van der Waals surface area contributed by atoms with Crippen LogP contribution < -0.4 is 5.32 Å². The maximum Gasteiger partial charge on any atom is 0.232 e. The van der Waals surface area contributed by atoms with Crippen LogP contribution in [0, 0.1) is 5.82 Å². The van der Waals surface area contributed by atoms with Crippen LogP contribution in [0.3, 0.4) is 0 Å². The van der Waals surface area contributed by atoms with Crippen molar-refractivity contribution in [3.63, 3.8) is 0 Å². The predicted octanol–water partition coefficient (Wildman–Crippen LogP) is 6.17. The molecule has 5 rings (SSSR count). The third-order valence-corrected chi connectivity index (χ3v) is 5.75. The van der Waals surface area contributed by atoms with Gasteiger partial charge in [0, 0.05) is 17.1 Å². The highest BCUT2D eigenvalue weighted by Gasteiger charge is 2.23. The highest BCUT2D eigenvalue weighted by Crippen LogP contribution is 2.39. The molecule has 2 heterocycles. The minimum Gasteiger partial charge on any atom is -0.308 e. The Balaban J connectivity index is 1.63. The second-order valence-corrected chi connectivity index (χ2v) is 7.83. The highest BCUT2D eigenvalue weighted by atomic mass is 19.1. The first-order valence-corrected chi connectivity index (χ1v) is 10.7. The molecule has 2 aromatic heterocycles. The Kier molecular flexibility index (Phi) is 5.40. The fourth-order valence-corrected chi connectivity index (χ4v) is 3.95. The summed E-state index contributed by atoms with van der Waals surface area (Å²) in [6.07, 6.45) is 1.73. The Morgan fingerprint density at radius 2 is 1.67 bits per heavy atom. The number of para-hydroxylation sites is 1. The summed E-state index contributed by atoms with van der Waals surface area (Å²) in [4.78, 5) is 17.6. The van der Waals surface area contributed by atoms with Gasteiger partial charge in [0.2, 0.25) is 5.91 Å². The number of hydrogen-bond donors (Lipinski definition) is 2. The van der Waals surface area contributed by atoms with Crippen molar-refractivity contribution < 1.29 is 9.18 Å². The molecule has 6 heteroatoms. The quantitative estimate of drug-likeness (QED) is 0.346. The monoisotopic (exact) mass is 436 g/mol. The van der Waals surface area contributed by atoms with E-state index in [0.717, 1.165) is 33.2 Å². The lowest BCUT2D eigenvalue weighted by Crippen LogP contribution is -2.19. The van der Waals surface area contributed by atoms with Crippen LogP contribution in [0.15, 0.2) is 91.1 Å². The van der Waals surface area contributed by atoms with Gasteiger partial charge in [-0.15, -0.1) is 0 Å². The van der Waals surface area contributed by atoms with Gasteiger partial charge in [-0.2, -0.15) is 5.10 Å². The van der Waals surface area contributed by atoms with Crippen molar-refractivity contribution in [2.75, 3.05) is 5.32 Å². The van der Waals surface area contributed by atoms with E-state index in [4.69, 9.17) is 0 Å². The number of rotatable bonds is 5. The van der Waals surface area contributed by atoms with Crippen molar-refractivity contribution in [2.45, 2.75) is 12.8 Å². The molecule has 0 aliphatic rings. The molecule has 0 spiro atoms. The van der Waals surface area contributed by atoms with Gasteiger partial charge < -0.3 is 5.32 Å². The number of H-pyrrole nitrogens is 1. The standard InChI is InChI=1S/C27H21FN4O/c1-17(18-7-3-2-4-8-18)27(33)30-26-24(22-15-16-29-23-10-6-5-9-21(22)23)25(31-32-26)19-11-13-20(28)14-12-19/h2-17H,1H3,(H2,30,31,32,33). The molecule has 162 valence electrons. The lowest BCUT2D eigenvalue weighted by molar-refractivity contribution is -0.117. The van der Waals surface area contributed by atoms with Crippen molar-refractivity contribution in [2.24, 2.45) is 0 Å². The number of carbonyl (C=O) groups excluding carboxylic acids is 1. The van der Waals surface area contributed by atoms with E-state index < -0.39 is 0 Å². The average Bonchev–Trinajstić information content (AvgIpc) is 3.27. The molecular weight excluding hydrogens is 415 g/mol. The van der Waals surface area contributed by atoms with Crippen LogP contribution in [0.25, 0.3) is 33.3 Å². The molecule has 0 saturated carbocycles. The molecule has 0 bridgehead atoms. The number of halogens is 1. The fourth-order valence-electron chi connectivity index (χ4n) is 3.95. The molecule has 33 heavy (non-hydrogen) atoms. The number of nitrogens with one attached hydrogen (secondary N) is 2. The zero-order chi connectivity index (χ0) is 22.8. The Bertz CT molecular complexity index is 1420. The molecule has 3 aromatic carbocycles. The molecule has 1 amide bonds. The summed E-state index contributed by atoms with van der Waals surface area (Å²) < 4.78 is 13.6. The molecule has 1 atom stereocenters. The molecule has 0 aliphatic carbocycles. The number of nitrogens with zero attached hydrogens (tertiary/aromatic N) is 2. The summed E-state index contributed by atoms with van der Waals surface area (Å²) >= 11 is 0. The van der Waals surface area contributed by atoms with Crippen LogP contribution in [0.1, 0.15) is 18.4 Å². The van der Waals surface area contributed by atoms with Crippen molar-refractivity contribution >= 4 is 22.6 Å². The summed E-state index contributed by atoms with van der Waals surface area (Å²) in [5, 5.41) is 11.4. The maximum absolute atomic E-state index is 13.6. The number of fused-ring (bicyclic) bond motifs is 1. The molecule has 5 nitrogen and oxygen atoms in total. The van der Waals surface area contributed by atoms with Gasteiger partial charge in [0.15, 0.2) is 5.82 Å². The van der Waals surface area contributed by atoms with Crippen molar-refractivity contribution in [3.8, 4) is 22.4 Å². The first-order valence-electron chi connectivity index (χ1n) is 10.7. The summed E-state index contributed by atoms with van der Waals surface area (Å²) in [7, 11) is 0. The lowest BCUT2D eigenvalue weighted by atomic mass is 9.97. The average molecular weight is 436 g/mol. The van der Waals surface area contributed by atoms with E-state index in [9.17, 15) is 9.18 Å². The topological polar surface area (TPSA) is 70.7 Å². The minimum atomic E-state index is -0.362. The molecule has 5 aromatic rings. The summed E-state index contributed by atoms with van der Waals surface area (Å²) in [6.45, 7) is 1.86. The Morgan fingerprint density at radius 1 is 0.939 bits per heavy atom. The highest BCUT2D eigenvalue weighted by molar-refractivity contribution is 6.05. The van der Waals surface area contributed by atoms with Crippen LogP contribution in [0.2, 0.25) is 0 Å². The second kappa shape index (κ2) is 8.67. The maximum atomic E-state index is 13.6.